The fourth-order valence-electron chi connectivity index (χ4n) is 2.21. The second kappa shape index (κ2) is 8.02. The highest BCUT2D eigenvalue weighted by Gasteiger charge is 2.22. The lowest BCUT2D eigenvalue weighted by Crippen LogP contribution is -2.32. The molecule has 0 aliphatic carbocycles. The number of hydrogen-bond acceptors (Lipinski definition) is 4. The van der Waals surface area contributed by atoms with Gasteiger partial charge in [0.05, 0.1) is 18.4 Å². The van der Waals surface area contributed by atoms with E-state index in [4.69, 9.17) is 4.74 Å². The molecular weight excluding hydrogens is 340 g/mol. The minimum absolute atomic E-state index is 0.00798. The molecule has 25 heavy (non-hydrogen) atoms. The Hall–Kier alpha value is -2.54. The Bertz CT molecular complexity index is 850. The van der Waals surface area contributed by atoms with Crippen molar-refractivity contribution in [3.63, 3.8) is 0 Å². The Morgan fingerprint density at radius 1 is 1.12 bits per heavy atom. The highest BCUT2D eigenvalue weighted by Crippen LogP contribution is 2.26. The second-order valence-corrected chi connectivity index (χ2v) is 7.24. The van der Waals surface area contributed by atoms with E-state index in [1.807, 2.05) is 13.8 Å². The largest absolute Gasteiger partial charge is 0.495 e. The maximum absolute atomic E-state index is 12.7. The predicted molar refractivity (Wildman–Crippen MR) is 97.5 cm³/mol. The molecule has 0 radical (unpaired) electrons. The van der Waals surface area contributed by atoms with Gasteiger partial charge in [-0.25, -0.2) is 8.42 Å². The van der Waals surface area contributed by atoms with Crippen LogP contribution in [0.5, 0.6) is 5.75 Å². The third kappa shape index (κ3) is 4.51. The lowest BCUT2D eigenvalue weighted by molar-refractivity contribution is 0.0940. The van der Waals surface area contributed by atoms with E-state index in [0.717, 1.165) is 6.42 Å². The maximum atomic E-state index is 12.7. The van der Waals surface area contributed by atoms with Gasteiger partial charge < -0.3 is 10.1 Å². The minimum atomic E-state index is -3.90. The van der Waals surface area contributed by atoms with Crippen LogP contribution in [0.3, 0.4) is 0 Å². The number of para-hydroxylation sites is 2. The van der Waals surface area contributed by atoms with Crippen molar-refractivity contribution in [2.75, 3.05) is 11.8 Å². The number of carbonyl (C=O) groups is 1. The standard InChI is InChI=1S/C18H22N2O4S/c1-4-13(2)19-18(21)14-9-5-6-10-15(14)20-25(22,23)17-12-8-7-11-16(17)24-3/h5-13,20H,4H2,1-3H3,(H,19,21). The molecule has 0 spiro atoms. The zero-order chi connectivity index (χ0) is 18.4. The van der Waals surface area contributed by atoms with Crippen LogP contribution < -0.4 is 14.8 Å². The Morgan fingerprint density at radius 3 is 2.44 bits per heavy atom. The molecule has 1 unspecified atom stereocenters. The first-order valence-electron chi connectivity index (χ1n) is 7.94. The molecule has 7 heteroatoms. The predicted octanol–water partition coefficient (Wildman–Crippen LogP) is 3.02. The normalized spacial score (nSPS) is 12.3. The summed E-state index contributed by atoms with van der Waals surface area (Å²) < 4.78 is 33.0. The summed E-state index contributed by atoms with van der Waals surface area (Å²) in [7, 11) is -2.50. The summed E-state index contributed by atoms with van der Waals surface area (Å²) in [4.78, 5) is 12.4. The molecule has 0 saturated carbocycles. The first-order chi connectivity index (χ1) is 11.9. The number of hydrogen-bond donors (Lipinski definition) is 2. The number of ether oxygens (including phenoxy) is 1. The van der Waals surface area contributed by atoms with Crippen LogP contribution in [0, 0.1) is 0 Å². The first kappa shape index (κ1) is 18.8. The van der Waals surface area contributed by atoms with E-state index >= 15 is 0 Å². The fourth-order valence-corrected chi connectivity index (χ4v) is 3.47. The molecule has 2 rings (SSSR count). The molecule has 0 fully saturated rings. The van der Waals surface area contributed by atoms with E-state index in [1.165, 1.54) is 13.2 Å². The Morgan fingerprint density at radius 2 is 1.76 bits per heavy atom. The molecule has 2 N–H and O–H groups in total. The zero-order valence-electron chi connectivity index (χ0n) is 14.4. The summed E-state index contributed by atoms with van der Waals surface area (Å²) in [6.45, 7) is 3.85. The van der Waals surface area contributed by atoms with E-state index in [9.17, 15) is 13.2 Å². The molecule has 2 aromatic carbocycles. The van der Waals surface area contributed by atoms with Crippen LogP contribution in [0.4, 0.5) is 5.69 Å². The van der Waals surface area contributed by atoms with Crippen molar-refractivity contribution in [2.45, 2.75) is 31.2 Å². The van der Waals surface area contributed by atoms with Gasteiger partial charge in [0.2, 0.25) is 0 Å². The molecular formula is C18H22N2O4S. The van der Waals surface area contributed by atoms with Gasteiger partial charge in [-0.15, -0.1) is 0 Å². The van der Waals surface area contributed by atoms with Crippen LogP contribution in [-0.2, 0) is 10.0 Å². The summed E-state index contributed by atoms with van der Waals surface area (Å²) in [6, 6.07) is 12.8. The van der Waals surface area contributed by atoms with Crippen LogP contribution >= 0.6 is 0 Å². The molecule has 0 aliphatic heterocycles. The van der Waals surface area contributed by atoms with Crippen LogP contribution in [0.2, 0.25) is 0 Å². The molecule has 1 atom stereocenters. The maximum Gasteiger partial charge on any atom is 0.265 e. The topological polar surface area (TPSA) is 84.5 Å². The number of anilines is 1. The van der Waals surface area contributed by atoms with Gasteiger partial charge in [0, 0.05) is 6.04 Å². The molecule has 6 nitrogen and oxygen atoms in total. The quantitative estimate of drug-likeness (QED) is 0.793. The molecule has 1 amide bonds. The first-order valence-corrected chi connectivity index (χ1v) is 9.43. The monoisotopic (exact) mass is 362 g/mol. The molecule has 2 aromatic rings. The number of carbonyl (C=O) groups excluding carboxylic acids is 1. The number of nitrogens with one attached hydrogen (secondary N) is 2. The smallest absolute Gasteiger partial charge is 0.265 e. The number of methoxy groups -OCH3 is 1. The van der Waals surface area contributed by atoms with Crippen LogP contribution in [0.15, 0.2) is 53.4 Å². The van der Waals surface area contributed by atoms with Crippen molar-refractivity contribution in [3.8, 4) is 5.75 Å². The van der Waals surface area contributed by atoms with E-state index in [2.05, 4.69) is 10.0 Å². The summed E-state index contributed by atoms with van der Waals surface area (Å²) >= 11 is 0. The van der Waals surface area contributed by atoms with Crippen molar-refractivity contribution in [1.82, 2.24) is 5.32 Å². The summed E-state index contributed by atoms with van der Waals surface area (Å²) in [6.07, 6.45) is 0.779. The summed E-state index contributed by atoms with van der Waals surface area (Å²) in [5.41, 5.74) is 0.482. The fraction of sp³-hybridized carbons (Fsp3) is 0.278. The Kier molecular flexibility index (Phi) is 6.03. The van der Waals surface area contributed by atoms with Crippen LogP contribution in [-0.4, -0.2) is 27.5 Å². The number of sulfonamides is 1. The SMILES string of the molecule is CCC(C)NC(=O)c1ccccc1NS(=O)(=O)c1ccccc1OC. The van der Waals surface area contributed by atoms with Gasteiger partial charge in [0.1, 0.15) is 10.6 Å². The van der Waals surface area contributed by atoms with Crippen LogP contribution in [0.1, 0.15) is 30.6 Å². The van der Waals surface area contributed by atoms with Crippen molar-refractivity contribution in [1.29, 1.82) is 0 Å². The molecule has 134 valence electrons. The van der Waals surface area contributed by atoms with Crippen molar-refractivity contribution in [2.24, 2.45) is 0 Å². The average molecular weight is 362 g/mol. The van der Waals surface area contributed by atoms with E-state index < -0.39 is 10.0 Å². The molecule has 0 aromatic heterocycles. The third-order valence-electron chi connectivity index (χ3n) is 3.76. The Labute approximate surface area is 148 Å². The van der Waals surface area contributed by atoms with Gasteiger partial charge in [0.15, 0.2) is 0 Å². The van der Waals surface area contributed by atoms with Gasteiger partial charge in [-0.05, 0) is 37.6 Å². The number of benzene rings is 2. The van der Waals surface area contributed by atoms with Crippen molar-refractivity contribution in [3.05, 3.63) is 54.1 Å². The van der Waals surface area contributed by atoms with Crippen molar-refractivity contribution >= 4 is 21.6 Å². The highest BCUT2D eigenvalue weighted by atomic mass is 32.2. The van der Waals surface area contributed by atoms with Gasteiger partial charge >= 0.3 is 0 Å². The van der Waals surface area contributed by atoms with Crippen LogP contribution in [0.25, 0.3) is 0 Å². The van der Waals surface area contributed by atoms with Gasteiger partial charge in [-0.2, -0.15) is 0 Å². The third-order valence-corrected chi connectivity index (χ3v) is 5.17. The highest BCUT2D eigenvalue weighted by molar-refractivity contribution is 7.92. The number of rotatable bonds is 7. The van der Waals surface area contributed by atoms with E-state index in [1.54, 1.807) is 42.5 Å². The minimum Gasteiger partial charge on any atom is -0.495 e. The van der Waals surface area contributed by atoms with E-state index in [0.29, 0.717) is 0 Å². The van der Waals surface area contributed by atoms with Crippen molar-refractivity contribution < 1.29 is 17.9 Å². The van der Waals surface area contributed by atoms with Gasteiger partial charge in [-0.3, -0.25) is 9.52 Å². The summed E-state index contributed by atoms with van der Waals surface area (Å²) in [5.74, 6) is -0.0933. The van der Waals surface area contributed by atoms with Gasteiger partial charge in [0.25, 0.3) is 15.9 Å². The summed E-state index contributed by atoms with van der Waals surface area (Å²) in [5, 5.41) is 2.84. The average Bonchev–Trinajstić information content (AvgIpc) is 2.61. The zero-order valence-corrected chi connectivity index (χ0v) is 15.3. The number of amides is 1. The molecule has 0 saturated heterocycles. The lowest BCUT2D eigenvalue weighted by atomic mass is 10.1. The molecule has 0 aliphatic rings. The Balaban J connectivity index is 2.36. The lowest BCUT2D eigenvalue weighted by Gasteiger charge is -2.16. The van der Waals surface area contributed by atoms with Gasteiger partial charge in [-0.1, -0.05) is 31.2 Å². The molecule has 0 bridgehead atoms. The molecule has 0 heterocycles. The second-order valence-electron chi connectivity index (χ2n) is 5.58. The van der Waals surface area contributed by atoms with E-state index in [-0.39, 0.29) is 33.8 Å².